The molecule has 1 fully saturated rings. The lowest BCUT2D eigenvalue weighted by Gasteiger charge is -2.35. The molecule has 3 rings (SSSR count). The summed E-state index contributed by atoms with van der Waals surface area (Å²) in [6.45, 7) is 1.94. The summed E-state index contributed by atoms with van der Waals surface area (Å²) in [7, 11) is 3.00. The van der Waals surface area contributed by atoms with Gasteiger partial charge >= 0.3 is 5.97 Å². The van der Waals surface area contributed by atoms with E-state index in [1.807, 2.05) is 18.2 Å². The van der Waals surface area contributed by atoms with Crippen molar-refractivity contribution in [3.05, 3.63) is 59.2 Å². The summed E-state index contributed by atoms with van der Waals surface area (Å²) in [5.74, 6) is 0.611. The molecular weight excluding hydrogens is 330 g/mol. The van der Waals surface area contributed by atoms with Crippen LogP contribution in [0.2, 0.25) is 0 Å². The van der Waals surface area contributed by atoms with Gasteiger partial charge in [0.15, 0.2) is 0 Å². The molecule has 1 N–H and O–H groups in total. The molecule has 0 aliphatic carbocycles. The number of phenolic OH excluding ortho intramolecular Hbond substituents is 1. The molecule has 1 atom stereocenters. The minimum Gasteiger partial charge on any atom is -0.508 e. The summed E-state index contributed by atoms with van der Waals surface area (Å²) in [5, 5.41) is 10.5. The van der Waals surface area contributed by atoms with E-state index < -0.39 is 0 Å². The molecule has 1 saturated heterocycles. The Morgan fingerprint density at radius 1 is 1.04 bits per heavy atom. The van der Waals surface area contributed by atoms with Gasteiger partial charge in [-0.2, -0.15) is 0 Å². The van der Waals surface area contributed by atoms with Crippen molar-refractivity contribution in [2.24, 2.45) is 0 Å². The van der Waals surface area contributed by atoms with Crippen LogP contribution in [-0.4, -0.2) is 43.3 Å². The van der Waals surface area contributed by atoms with Gasteiger partial charge in [0.1, 0.15) is 11.5 Å². The Labute approximate surface area is 154 Å². The van der Waals surface area contributed by atoms with Crippen LogP contribution in [0.15, 0.2) is 42.5 Å². The Kier molecular flexibility index (Phi) is 5.78. The molecule has 0 aromatic heterocycles. The number of likely N-dealkylation sites (tertiary alicyclic amines) is 1. The lowest BCUT2D eigenvalue weighted by atomic mass is 9.93. The summed E-state index contributed by atoms with van der Waals surface area (Å²) < 4.78 is 10.1. The van der Waals surface area contributed by atoms with E-state index in [2.05, 4.69) is 4.90 Å². The molecule has 1 unspecified atom stereocenters. The standard InChI is InChI=1S/C21H25NO4/c1-25-17-10-11-19(23)18(14-17)20(22-12-4-3-5-13-22)15-6-8-16(9-7-15)21(24)26-2/h6-11,14,20,23H,3-5,12-13H2,1-2H3. The molecule has 26 heavy (non-hydrogen) atoms. The van der Waals surface area contributed by atoms with E-state index in [-0.39, 0.29) is 17.8 Å². The van der Waals surface area contributed by atoms with Gasteiger partial charge in [-0.25, -0.2) is 4.79 Å². The topological polar surface area (TPSA) is 59.0 Å². The van der Waals surface area contributed by atoms with Crippen LogP contribution in [-0.2, 0) is 4.74 Å². The fourth-order valence-corrected chi connectivity index (χ4v) is 3.56. The summed E-state index contributed by atoms with van der Waals surface area (Å²) in [4.78, 5) is 14.1. The number of rotatable bonds is 5. The number of carbonyl (C=O) groups excluding carboxylic acids is 1. The Morgan fingerprint density at radius 3 is 2.35 bits per heavy atom. The van der Waals surface area contributed by atoms with E-state index in [9.17, 15) is 9.90 Å². The fraction of sp³-hybridized carbons (Fsp3) is 0.381. The first-order valence-corrected chi connectivity index (χ1v) is 8.93. The first-order chi connectivity index (χ1) is 12.6. The van der Waals surface area contributed by atoms with E-state index >= 15 is 0 Å². The summed E-state index contributed by atoms with van der Waals surface area (Å²) in [6.07, 6.45) is 3.51. The zero-order valence-electron chi connectivity index (χ0n) is 15.3. The van der Waals surface area contributed by atoms with Gasteiger partial charge < -0.3 is 14.6 Å². The predicted octanol–water partition coefficient (Wildman–Crippen LogP) is 3.76. The monoisotopic (exact) mass is 355 g/mol. The van der Waals surface area contributed by atoms with Gasteiger partial charge in [-0.15, -0.1) is 0 Å². The number of hydrogen-bond donors (Lipinski definition) is 1. The average Bonchev–Trinajstić information content (AvgIpc) is 2.70. The van der Waals surface area contributed by atoms with Crippen LogP contribution in [0.5, 0.6) is 11.5 Å². The Bertz CT molecular complexity index is 751. The van der Waals surface area contributed by atoms with Gasteiger partial charge in [0.2, 0.25) is 0 Å². The lowest BCUT2D eigenvalue weighted by molar-refractivity contribution is 0.0600. The van der Waals surface area contributed by atoms with Gasteiger partial charge in [0.05, 0.1) is 25.8 Å². The number of methoxy groups -OCH3 is 2. The number of nitrogens with zero attached hydrogens (tertiary/aromatic N) is 1. The third-order valence-corrected chi connectivity index (χ3v) is 4.93. The molecule has 0 bridgehead atoms. The number of hydrogen-bond acceptors (Lipinski definition) is 5. The molecule has 2 aromatic rings. The van der Waals surface area contributed by atoms with Crippen LogP contribution in [0.4, 0.5) is 0 Å². The second kappa shape index (κ2) is 8.23. The van der Waals surface area contributed by atoms with Crippen LogP contribution in [0.3, 0.4) is 0 Å². The van der Waals surface area contributed by atoms with Crippen LogP contribution < -0.4 is 4.74 Å². The molecular formula is C21H25NO4. The summed E-state index contributed by atoms with van der Waals surface area (Å²) >= 11 is 0. The van der Waals surface area contributed by atoms with Crippen LogP contribution in [0, 0.1) is 0 Å². The highest BCUT2D eigenvalue weighted by molar-refractivity contribution is 5.89. The molecule has 1 heterocycles. The number of carbonyl (C=O) groups is 1. The second-order valence-electron chi connectivity index (χ2n) is 6.54. The van der Waals surface area contributed by atoms with Crippen molar-refractivity contribution >= 4 is 5.97 Å². The Balaban J connectivity index is 2.02. The molecule has 5 heteroatoms. The maximum absolute atomic E-state index is 11.7. The predicted molar refractivity (Wildman–Crippen MR) is 99.7 cm³/mol. The minimum absolute atomic E-state index is 0.0860. The number of benzene rings is 2. The summed E-state index contributed by atoms with van der Waals surface area (Å²) in [5.41, 5.74) is 2.36. The molecule has 0 amide bonds. The van der Waals surface area contributed by atoms with E-state index in [0.717, 1.165) is 37.1 Å². The van der Waals surface area contributed by atoms with Crippen molar-refractivity contribution in [2.45, 2.75) is 25.3 Å². The molecule has 0 radical (unpaired) electrons. The van der Waals surface area contributed by atoms with Crippen molar-refractivity contribution in [1.82, 2.24) is 4.90 Å². The molecule has 5 nitrogen and oxygen atoms in total. The quantitative estimate of drug-likeness (QED) is 0.828. The number of piperidine rings is 1. The minimum atomic E-state index is -0.352. The number of ether oxygens (including phenoxy) is 2. The highest BCUT2D eigenvalue weighted by atomic mass is 16.5. The maximum atomic E-state index is 11.7. The van der Waals surface area contributed by atoms with Gasteiger partial charge in [0, 0.05) is 5.56 Å². The van der Waals surface area contributed by atoms with Crippen molar-refractivity contribution in [3.63, 3.8) is 0 Å². The normalized spacial score (nSPS) is 16.1. The molecule has 0 saturated carbocycles. The zero-order valence-corrected chi connectivity index (χ0v) is 15.3. The maximum Gasteiger partial charge on any atom is 0.337 e. The highest BCUT2D eigenvalue weighted by Gasteiger charge is 2.27. The van der Waals surface area contributed by atoms with Crippen LogP contribution in [0.25, 0.3) is 0 Å². The van der Waals surface area contributed by atoms with Crippen LogP contribution in [0.1, 0.15) is 46.8 Å². The van der Waals surface area contributed by atoms with Crippen molar-refractivity contribution < 1.29 is 19.4 Å². The first kappa shape index (κ1) is 18.3. The Hall–Kier alpha value is -2.53. The Morgan fingerprint density at radius 2 is 1.73 bits per heavy atom. The second-order valence-corrected chi connectivity index (χ2v) is 6.54. The third-order valence-electron chi connectivity index (χ3n) is 4.93. The van der Waals surface area contributed by atoms with Gasteiger partial charge in [-0.05, 0) is 61.8 Å². The molecule has 1 aliphatic heterocycles. The van der Waals surface area contributed by atoms with E-state index in [1.54, 1.807) is 31.4 Å². The fourth-order valence-electron chi connectivity index (χ4n) is 3.56. The SMILES string of the molecule is COC(=O)c1ccc(C(c2cc(OC)ccc2O)N2CCCCC2)cc1. The molecule has 0 spiro atoms. The van der Waals surface area contributed by atoms with E-state index in [4.69, 9.17) is 9.47 Å². The van der Waals surface area contributed by atoms with Crippen LogP contribution >= 0.6 is 0 Å². The van der Waals surface area contributed by atoms with Crippen molar-refractivity contribution in [2.75, 3.05) is 27.3 Å². The van der Waals surface area contributed by atoms with E-state index in [1.165, 1.54) is 13.5 Å². The smallest absolute Gasteiger partial charge is 0.337 e. The van der Waals surface area contributed by atoms with Gasteiger partial charge in [-0.1, -0.05) is 18.6 Å². The zero-order chi connectivity index (χ0) is 18.5. The largest absolute Gasteiger partial charge is 0.508 e. The number of esters is 1. The third kappa shape index (κ3) is 3.83. The van der Waals surface area contributed by atoms with E-state index in [0.29, 0.717) is 11.3 Å². The highest BCUT2D eigenvalue weighted by Crippen LogP contribution is 2.37. The number of aromatic hydroxyl groups is 1. The van der Waals surface area contributed by atoms with Gasteiger partial charge in [0.25, 0.3) is 0 Å². The lowest BCUT2D eigenvalue weighted by Crippen LogP contribution is -2.34. The molecule has 1 aliphatic rings. The average molecular weight is 355 g/mol. The van der Waals surface area contributed by atoms with Crippen molar-refractivity contribution in [1.29, 1.82) is 0 Å². The molecule has 2 aromatic carbocycles. The summed E-state index contributed by atoms with van der Waals surface area (Å²) in [6, 6.07) is 12.7. The van der Waals surface area contributed by atoms with Crippen molar-refractivity contribution in [3.8, 4) is 11.5 Å². The molecule has 138 valence electrons. The first-order valence-electron chi connectivity index (χ1n) is 8.93. The number of phenols is 1. The van der Waals surface area contributed by atoms with Gasteiger partial charge in [-0.3, -0.25) is 4.90 Å².